The first-order chi connectivity index (χ1) is 13.0. The SMILES string of the molecule is CCC1(C#N)CCN(C2=CC=NC(Nc3ccc(NC(C)=O)cc3)N2)C1=O. The fourth-order valence-corrected chi connectivity index (χ4v) is 3.19. The summed E-state index contributed by atoms with van der Waals surface area (Å²) in [6.07, 6.45) is 3.96. The van der Waals surface area contributed by atoms with Crippen molar-refractivity contribution in [3.8, 4) is 6.07 Å². The number of carbonyl (C=O) groups is 2. The number of hydrogen-bond donors (Lipinski definition) is 3. The van der Waals surface area contributed by atoms with Crippen LogP contribution < -0.4 is 16.0 Å². The van der Waals surface area contributed by atoms with Gasteiger partial charge in [-0.15, -0.1) is 0 Å². The van der Waals surface area contributed by atoms with Crippen LogP contribution in [0.2, 0.25) is 0 Å². The lowest BCUT2D eigenvalue weighted by Gasteiger charge is -2.28. The summed E-state index contributed by atoms with van der Waals surface area (Å²) in [5.74, 6) is 0.341. The van der Waals surface area contributed by atoms with Crippen LogP contribution >= 0.6 is 0 Å². The maximum absolute atomic E-state index is 12.7. The molecule has 27 heavy (non-hydrogen) atoms. The Balaban J connectivity index is 1.64. The highest BCUT2D eigenvalue weighted by atomic mass is 16.2. The van der Waals surface area contributed by atoms with E-state index < -0.39 is 11.7 Å². The van der Waals surface area contributed by atoms with E-state index in [1.807, 2.05) is 19.1 Å². The van der Waals surface area contributed by atoms with Crippen LogP contribution in [0.5, 0.6) is 0 Å². The number of likely N-dealkylation sites (tertiary alicyclic amines) is 1. The third-order valence-corrected chi connectivity index (χ3v) is 4.79. The Kier molecular flexibility index (Phi) is 5.12. The molecule has 8 heteroatoms. The molecule has 8 nitrogen and oxygen atoms in total. The molecule has 1 saturated heterocycles. The lowest BCUT2D eigenvalue weighted by atomic mass is 9.85. The van der Waals surface area contributed by atoms with E-state index in [1.54, 1.807) is 29.3 Å². The van der Waals surface area contributed by atoms with Crippen molar-refractivity contribution in [3.05, 3.63) is 36.2 Å². The van der Waals surface area contributed by atoms with Gasteiger partial charge in [-0.05, 0) is 43.2 Å². The average Bonchev–Trinajstić information content (AvgIpc) is 3.00. The van der Waals surface area contributed by atoms with Crippen LogP contribution in [0.25, 0.3) is 0 Å². The van der Waals surface area contributed by atoms with Gasteiger partial charge in [0, 0.05) is 31.1 Å². The summed E-state index contributed by atoms with van der Waals surface area (Å²) < 4.78 is 0. The topological polar surface area (TPSA) is 110 Å². The van der Waals surface area contributed by atoms with Gasteiger partial charge >= 0.3 is 0 Å². The number of amides is 2. The van der Waals surface area contributed by atoms with Crippen LogP contribution in [0.4, 0.5) is 11.4 Å². The van der Waals surface area contributed by atoms with Crippen molar-refractivity contribution in [1.29, 1.82) is 5.26 Å². The molecule has 3 N–H and O–H groups in total. The first-order valence-corrected chi connectivity index (χ1v) is 8.85. The maximum Gasteiger partial charge on any atom is 0.248 e. The van der Waals surface area contributed by atoms with E-state index >= 15 is 0 Å². The first kappa shape index (κ1) is 18.5. The molecule has 2 amide bonds. The van der Waals surface area contributed by atoms with Gasteiger partial charge in [0.15, 0.2) is 6.29 Å². The largest absolute Gasteiger partial charge is 0.347 e. The Labute approximate surface area is 157 Å². The highest BCUT2D eigenvalue weighted by molar-refractivity contribution is 5.90. The van der Waals surface area contributed by atoms with E-state index in [9.17, 15) is 14.9 Å². The van der Waals surface area contributed by atoms with Gasteiger partial charge in [-0.3, -0.25) is 14.5 Å². The lowest BCUT2D eigenvalue weighted by molar-refractivity contribution is -0.132. The smallest absolute Gasteiger partial charge is 0.248 e. The van der Waals surface area contributed by atoms with Gasteiger partial charge in [0.2, 0.25) is 11.8 Å². The molecule has 1 fully saturated rings. The molecule has 0 bridgehead atoms. The van der Waals surface area contributed by atoms with E-state index in [0.29, 0.717) is 30.9 Å². The normalized spacial score (nSPS) is 24.0. The van der Waals surface area contributed by atoms with Crippen molar-refractivity contribution < 1.29 is 9.59 Å². The molecule has 0 aromatic heterocycles. The standard InChI is InChI=1S/C19H22N6O2/c1-3-19(12-20)9-11-25(17(19)27)16-8-10-21-18(24-16)23-15-6-4-14(5-7-15)22-13(2)26/h4-8,10,18,23-24H,3,9,11H2,1-2H3,(H,22,26). The van der Waals surface area contributed by atoms with E-state index in [2.05, 4.69) is 27.0 Å². The third kappa shape index (κ3) is 3.77. The molecule has 2 aliphatic rings. The molecule has 1 aromatic rings. The quantitative estimate of drug-likeness (QED) is 0.738. The predicted molar refractivity (Wildman–Crippen MR) is 103 cm³/mol. The molecule has 2 aliphatic heterocycles. The number of hydrogen-bond acceptors (Lipinski definition) is 6. The van der Waals surface area contributed by atoms with Crippen molar-refractivity contribution in [2.24, 2.45) is 10.4 Å². The third-order valence-electron chi connectivity index (χ3n) is 4.79. The number of benzene rings is 1. The number of rotatable bonds is 5. The van der Waals surface area contributed by atoms with E-state index in [1.165, 1.54) is 6.92 Å². The monoisotopic (exact) mass is 366 g/mol. The van der Waals surface area contributed by atoms with E-state index in [-0.39, 0.29) is 11.8 Å². The van der Waals surface area contributed by atoms with Gasteiger partial charge in [0.25, 0.3) is 0 Å². The number of carbonyl (C=O) groups excluding carboxylic acids is 2. The summed E-state index contributed by atoms with van der Waals surface area (Å²) in [4.78, 5) is 29.7. The zero-order valence-electron chi connectivity index (χ0n) is 15.3. The number of aliphatic imine (C=N–C) groups is 1. The average molecular weight is 366 g/mol. The van der Waals surface area contributed by atoms with Gasteiger partial charge in [0.1, 0.15) is 11.2 Å². The van der Waals surface area contributed by atoms with Crippen LogP contribution in [-0.4, -0.2) is 35.8 Å². The molecule has 2 unspecified atom stereocenters. The molecule has 2 heterocycles. The second-order valence-corrected chi connectivity index (χ2v) is 6.55. The maximum atomic E-state index is 12.7. The predicted octanol–water partition coefficient (Wildman–Crippen LogP) is 2.01. The summed E-state index contributed by atoms with van der Waals surface area (Å²) >= 11 is 0. The van der Waals surface area contributed by atoms with Crippen molar-refractivity contribution in [3.63, 3.8) is 0 Å². The summed E-state index contributed by atoms with van der Waals surface area (Å²) in [5.41, 5.74) is 0.594. The fourth-order valence-electron chi connectivity index (χ4n) is 3.19. The fraction of sp³-hybridized carbons (Fsp3) is 0.368. The number of anilines is 2. The molecule has 3 rings (SSSR count). The molecule has 0 aliphatic carbocycles. The van der Waals surface area contributed by atoms with Gasteiger partial charge in [0.05, 0.1) is 6.07 Å². The van der Waals surface area contributed by atoms with Gasteiger partial charge < -0.3 is 16.0 Å². The Morgan fingerprint density at radius 3 is 2.70 bits per heavy atom. The summed E-state index contributed by atoms with van der Waals surface area (Å²) in [6.45, 7) is 3.83. The van der Waals surface area contributed by atoms with Gasteiger partial charge in [-0.2, -0.15) is 5.26 Å². The second-order valence-electron chi connectivity index (χ2n) is 6.55. The summed E-state index contributed by atoms with van der Waals surface area (Å²) in [6, 6.07) is 9.44. The van der Waals surface area contributed by atoms with Crippen LogP contribution in [-0.2, 0) is 9.59 Å². The molecule has 0 spiro atoms. The highest BCUT2D eigenvalue weighted by Gasteiger charge is 2.47. The first-order valence-electron chi connectivity index (χ1n) is 8.85. The summed E-state index contributed by atoms with van der Waals surface area (Å²) in [5, 5.41) is 18.5. The number of allylic oxidation sites excluding steroid dienone is 1. The zero-order valence-corrected chi connectivity index (χ0v) is 15.3. The molecular weight excluding hydrogens is 344 g/mol. The molecule has 1 aromatic carbocycles. The number of nitrogens with zero attached hydrogens (tertiary/aromatic N) is 3. The second kappa shape index (κ2) is 7.50. The van der Waals surface area contributed by atoms with E-state index in [4.69, 9.17) is 0 Å². The summed E-state index contributed by atoms with van der Waals surface area (Å²) in [7, 11) is 0. The molecular formula is C19H22N6O2. The number of nitriles is 1. The Morgan fingerprint density at radius 2 is 2.11 bits per heavy atom. The minimum Gasteiger partial charge on any atom is -0.347 e. The van der Waals surface area contributed by atoms with E-state index in [0.717, 1.165) is 5.69 Å². The van der Waals surface area contributed by atoms with Gasteiger partial charge in [-0.1, -0.05) is 6.92 Å². The van der Waals surface area contributed by atoms with Gasteiger partial charge in [-0.25, -0.2) is 4.99 Å². The number of nitrogens with one attached hydrogen (secondary N) is 3. The lowest BCUT2D eigenvalue weighted by Crippen LogP contribution is -2.44. The van der Waals surface area contributed by atoms with Crippen LogP contribution in [0, 0.1) is 16.7 Å². The Hall–Kier alpha value is -3.34. The minimum absolute atomic E-state index is 0.125. The van der Waals surface area contributed by atoms with Crippen LogP contribution in [0.15, 0.2) is 41.2 Å². The molecule has 0 saturated carbocycles. The zero-order chi connectivity index (χ0) is 19.4. The molecule has 2 atom stereocenters. The van der Waals surface area contributed by atoms with Crippen molar-refractivity contribution >= 4 is 29.4 Å². The minimum atomic E-state index is -0.931. The van der Waals surface area contributed by atoms with Crippen LogP contribution in [0.1, 0.15) is 26.7 Å². The highest BCUT2D eigenvalue weighted by Crippen LogP contribution is 2.36. The Bertz CT molecular complexity index is 839. The van der Waals surface area contributed by atoms with Crippen LogP contribution in [0.3, 0.4) is 0 Å². The van der Waals surface area contributed by atoms with Crippen molar-refractivity contribution in [2.45, 2.75) is 33.0 Å². The molecule has 0 radical (unpaired) electrons. The molecule has 140 valence electrons. The van der Waals surface area contributed by atoms with Crippen molar-refractivity contribution in [1.82, 2.24) is 10.2 Å². The Morgan fingerprint density at radius 1 is 1.41 bits per heavy atom. The van der Waals surface area contributed by atoms with Crippen molar-refractivity contribution in [2.75, 3.05) is 17.2 Å².